The van der Waals surface area contributed by atoms with Gasteiger partial charge in [0.25, 0.3) is 0 Å². The summed E-state index contributed by atoms with van der Waals surface area (Å²) in [6, 6.07) is 17.8. The lowest BCUT2D eigenvalue weighted by Gasteiger charge is -2.39. The third kappa shape index (κ3) is 3.91. The molecule has 0 atom stereocenters. The molecule has 0 aromatic heterocycles. The van der Waals surface area contributed by atoms with Gasteiger partial charge < -0.3 is 10.1 Å². The minimum Gasteiger partial charge on any atom is -0.444 e. The van der Waals surface area contributed by atoms with Crippen LogP contribution in [0.25, 0.3) is 10.8 Å². The van der Waals surface area contributed by atoms with E-state index in [4.69, 9.17) is 4.74 Å². The second-order valence-corrected chi connectivity index (χ2v) is 10.4. The lowest BCUT2D eigenvalue weighted by Crippen LogP contribution is -2.50. The highest BCUT2D eigenvalue weighted by Crippen LogP contribution is 2.35. The van der Waals surface area contributed by atoms with Crippen LogP contribution in [0.4, 0.5) is 16.2 Å². The van der Waals surface area contributed by atoms with E-state index < -0.39 is 10.0 Å². The normalized spacial score (nSPS) is 17.3. The Morgan fingerprint density at radius 3 is 2.44 bits per heavy atom. The molecule has 3 aromatic carbocycles. The summed E-state index contributed by atoms with van der Waals surface area (Å²) in [5, 5.41) is 3.99. The number of anilines is 2. The molecule has 1 N–H and O–H groups in total. The molecule has 0 aliphatic carbocycles. The maximum atomic E-state index is 13.6. The summed E-state index contributed by atoms with van der Waals surface area (Å²) in [6.07, 6.45) is 0.620. The van der Waals surface area contributed by atoms with Crippen LogP contribution < -0.4 is 10.2 Å². The van der Waals surface area contributed by atoms with Crippen molar-refractivity contribution >= 4 is 44.2 Å². The number of carbonyl (C=O) groups excluding carboxylic acids is 2. The van der Waals surface area contributed by atoms with Gasteiger partial charge in [0, 0.05) is 48.1 Å². The summed E-state index contributed by atoms with van der Waals surface area (Å²) in [5.41, 5.74) is 2.35. The molecular formula is C25H25N3O5S. The highest BCUT2D eigenvalue weighted by atomic mass is 32.2. The third-order valence-corrected chi connectivity index (χ3v) is 8.35. The molecule has 0 saturated carbocycles. The Bertz CT molecular complexity index is 1380. The number of nitrogens with zero attached hydrogens (tertiary/aromatic N) is 2. The molecule has 2 aliphatic rings. The number of nitrogens with one attached hydrogen (secondary N) is 1. The fourth-order valence-corrected chi connectivity index (χ4v) is 6.48. The first kappa shape index (κ1) is 22.4. The van der Waals surface area contributed by atoms with Gasteiger partial charge in [-0.2, -0.15) is 4.31 Å². The summed E-state index contributed by atoms with van der Waals surface area (Å²) in [6.45, 7) is 2.25. The zero-order valence-electron chi connectivity index (χ0n) is 18.7. The van der Waals surface area contributed by atoms with Gasteiger partial charge in [-0.05, 0) is 31.0 Å². The number of para-hydroxylation sites is 1. The van der Waals surface area contributed by atoms with Crippen molar-refractivity contribution < 1.29 is 22.7 Å². The van der Waals surface area contributed by atoms with Gasteiger partial charge in [0.2, 0.25) is 15.9 Å². The number of piperidine rings is 1. The van der Waals surface area contributed by atoms with Crippen LogP contribution in [0.15, 0.2) is 65.6 Å². The van der Waals surface area contributed by atoms with E-state index in [9.17, 15) is 18.0 Å². The van der Waals surface area contributed by atoms with Gasteiger partial charge in [0.05, 0.1) is 10.6 Å². The van der Waals surface area contributed by atoms with Crippen LogP contribution in [-0.4, -0.2) is 43.9 Å². The monoisotopic (exact) mass is 479 g/mol. The standard InChI is InChI=1S/C25H25N3O5S/c1-17(29)26-22-9-4-8-21-20(22)7-5-11-24(21)34(31,32)27-14-12-19(13-15-27)28-23-10-3-2-6-18(23)16-33-25(28)30/h2-11,19H,12-16H2,1H3,(H,26,29). The number of amides is 2. The van der Waals surface area contributed by atoms with Crippen molar-refractivity contribution in [1.29, 1.82) is 0 Å². The van der Waals surface area contributed by atoms with Crippen molar-refractivity contribution in [3.8, 4) is 0 Å². The van der Waals surface area contributed by atoms with E-state index in [2.05, 4.69) is 5.32 Å². The van der Waals surface area contributed by atoms with Gasteiger partial charge in [-0.1, -0.05) is 42.5 Å². The van der Waals surface area contributed by atoms with E-state index in [1.165, 1.54) is 11.2 Å². The molecule has 0 spiro atoms. The van der Waals surface area contributed by atoms with Crippen LogP contribution in [0.5, 0.6) is 0 Å². The number of fused-ring (bicyclic) bond motifs is 2. The third-order valence-electron chi connectivity index (χ3n) is 6.40. The van der Waals surface area contributed by atoms with Crippen LogP contribution >= 0.6 is 0 Å². The second-order valence-electron chi connectivity index (χ2n) is 8.53. The van der Waals surface area contributed by atoms with Gasteiger partial charge in [-0.3, -0.25) is 9.69 Å². The second kappa shape index (κ2) is 8.73. The van der Waals surface area contributed by atoms with Gasteiger partial charge in [-0.15, -0.1) is 0 Å². The topological polar surface area (TPSA) is 96.0 Å². The maximum absolute atomic E-state index is 13.6. The van der Waals surface area contributed by atoms with Crippen LogP contribution in [-0.2, 0) is 26.2 Å². The summed E-state index contributed by atoms with van der Waals surface area (Å²) >= 11 is 0. The molecule has 176 valence electrons. The van der Waals surface area contributed by atoms with Crippen molar-refractivity contribution in [2.45, 2.75) is 37.3 Å². The van der Waals surface area contributed by atoms with Crippen molar-refractivity contribution in [1.82, 2.24) is 4.31 Å². The molecule has 1 fully saturated rings. The molecule has 0 unspecified atom stereocenters. The molecular weight excluding hydrogens is 454 g/mol. The van der Waals surface area contributed by atoms with Crippen molar-refractivity contribution in [3.05, 3.63) is 66.2 Å². The Labute approximate surface area is 198 Å². The van der Waals surface area contributed by atoms with Gasteiger partial charge in [0.15, 0.2) is 0 Å². The van der Waals surface area contributed by atoms with E-state index >= 15 is 0 Å². The lowest BCUT2D eigenvalue weighted by molar-refractivity contribution is -0.114. The Hall–Kier alpha value is -3.43. The van der Waals surface area contributed by atoms with E-state index in [0.29, 0.717) is 42.4 Å². The number of ether oxygens (including phenoxy) is 1. The van der Waals surface area contributed by atoms with Crippen LogP contribution in [0.1, 0.15) is 25.3 Å². The Kier molecular flexibility index (Phi) is 5.75. The lowest BCUT2D eigenvalue weighted by atomic mass is 10.0. The minimum atomic E-state index is -3.78. The summed E-state index contributed by atoms with van der Waals surface area (Å²) in [4.78, 5) is 26.0. The largest absolute Gasteiger partial charge is 0.444 e. The number of benzene rings is 3. The van der Waals surface area contributed by atoms with Gasteiger partial charge >= 0.3 is 6.09 Å². The first-order valence-electron chi connectivity index (χ1n) is 11.2. The first-order valence-corrected chi connectivity index (χ1v) is 12.6. The predicted octanol–water partition coefficient (Wildman–Crippen LogP) is 4.11. The Morgan fingerprint density at radius 1 is 0.971 bits per heavy atom. The quantitative estimate of drug-likeness (QED) is 0.608. The zero-order chi connectivity index (χ0) is 23.9. The summed E-state index contributed by atoms with van der Waals surface area (Å²) in [7, 11) is -3.78. The molecule has 34 heavy (non-hydrogen) atoms. The number of sulfonamides is 1. The fourth-order valence-electron chi connectivity index (χ4n) is 4.81. The molecule has 2 aliphatic heterocycles. The van der Waals surface area contributed by atoms with Crippen molar-refractivity contribution in [2.24, 2.45) is 0 Å². The molecule has 9 heteroatoms. The summed E-state index contributed by atoms with van der Waals surface area (Å²) in [5.74, 6) is -0.222. The van der Waals surface area contributed by atoms with E-state index in [1.807, 2.05) is 24.3 Å². The Balaban J connectivity index is 1.40. The Morgan fingerprint density at radius 2 is 1.68 bits per heavy atom. The van der Waals surface area contributed by atoms with Crippen molar-refractivity contribution in [2.75, 3.05) is 23.3 Å². The maximum Gasteiger partial charge on any atom is 0.414 e. The molecule has 0 bridgehead atoms. The first-order chi connectivity index (χ1) is 16.4. The van der Waals surface area contributed by atoms with E-state index in [1.54, 1.807) is 41.3 Å². The van der Waals surface area contributed by atoms with Crippen LogP contribution in [0.3, 0.4) is 0 Å². The summed E-state index contributed by atoms with van der Waals surface area (Å²) < 4.78 is 34.0. The highest BCUT2D eigenvalue weighted by molar-refractivity contribution is 7.89. The molecule has 1 saturated heterocycles. The number of carbonyl (C=O) groups is 2. The average Bonchev–Trinajstić information content (AvgIpc) is 2.83. The SMILES string of the molecule is CC(=O)Nc1cccc2c(S(=O)(=O)N3CCC(N4C(=O)OCc5ccccc54)CC3)cccc12. The molecule has 5 rings (SSSR count). The minimum absolute atomic E-state index is 0.140. The van der Waals surface area contributed by atoms with Crippen LogP contribution in [0, 0.1) is 0 Å². The van der Waals surface area contributed by atoms with Gasteiger partial charge in [-0.25, -0.2) is 13.2 Å². The predicted molar refractivity (Wildman–Crippen MR) is 129 cm³/mol. The van der Waals surface area contributed by atoms with Gasteiger partial charge in [0.1, 0.15) is 6.61 Å². The fraction of sp³-hybridized carbons (Fsp3) is 0.280. The number of rotatable bonds is 4. The number of hydrogen-bond acceptors (Lipinski definition) is 5. The molecule has 2 heterocycles. The van der Waals surface area contributed by atoms with E-state index in [0.717, 1.165) is 11.3 Å². The molecule has 3 aromatic rings. The van der Waals surface area contributed by atoms with Crippen LogP contribution in [0.2, 0.25) is 0 Å². The smallest absolute Gasteiger partial charge is 0.414 e. The number of hydrogen-bond donors (Lipinski definition) is 1. The number of cyclic esters (lactones) is 1. The van der Waals surface area contributed by atoms with E-state index in [-0.39, 0.29) is 29.5 Å². The molecule has 2 amide bonds. The molecule has 8 nitrogen and oxygen atoms in total. The van der Waals surface area contributed by atoms with Crippen molar-refractivity contribution in [3.63, 3.8) is 0 Å². The molecule has 0 radical (unpaired) electrons. The average molecular weight is 480 g/mol. The highest BCUT2D eigenvalue weighted by Gasteiger charge is 2.37. The zero-order valence-corrected chi connectivity index (χ0v) is 19.5.